The van der Waals surface area contributed by atoms with E-state index in [9.17, 15) is 44.1 Å². The summed E-state index contributed by atoms with van der Waals surface area (Å²) in [6, 6.07) is 0.00442. The molecule has 0 aliphatic rings. The third-order valence-corrected chi connectivity index (χ3v) is 6.07. The molecule has 4 atom stereocenters. The molecule has 0 saturated heterocycles. The Morgan fingerprint density at radius 1 is 0.857 bits per heavy atom. The van der Waals surface area contributed by atoms with Gasteiger partial charge in [0.2, 0.25) is 23.6 Å². The maximum Gasteiger partial charge on any atom is 0.326 e. The number of phenolic OH excluding ortho intramolecular Hbond substituents is 1. The zero-order valence-corrected chi connectivity index (χ0v) is 23.0. The fourth-order valence-electron chi connectivity index (χ4n) is 3.85. The summed E-state index contributed by atoms with van der Waals surface area (Å²) in [4.78, 5) is 81.2. The lowest BCUT2D eigenvalue weighted by atomic mass is 10.0. The molecule has 1 aromatic heterocycles. The fourth-order valence-corrected chi connectivity index (χ4v) is 3.85. The molecule has 10 N–H and O–H groups in total. The van der Waals surface area contributed by atoms with Crippen LogP contribution in [0.3, 0.4) is 0 Å². The van der Waals surface area contributed by atoms with Crippen LogP contribution < -0.4 is 27.0 Å². The lowest BCUT2D eigenvalue weighted by Crippen LogP contribution is -2.59. The summed E-state index contributed by atoms with van der Waals surface area (Å²) in [5.41, 5.74) is 6.33. The molecule has 1 aromatic carbocycles. The van der Waals surface area contributed by atoms with Crippen molar-refractivity contribution >= 4 is 35.6 Å². The Labute approximate surface area is 240 Å². The normalized spacial score (nSPS) is 13.7. The molecule has 16 nitrogen and oxygen atoms in total. The number of hydrogen-bond donors (Lipinski definition) is 9. The van der Waals surface area contributed by atoms with Gasteiger partial charge in [-0.15, -0.1) is 0 Å². The number of nitrogens with two attached hydrogens (primary N) is 1. The van der Waals surface area contributed by atoms with E-state index in [1.54, 1.807) is 13.8 Å². The average Bonchev–Trinajstić information content (AvgIpc) is 3.44. The molecule has 0 unspecified atom stereocenters. The number of amides is 4. The number of rotatable bonds is 16. The summed E-state index contributed by atoms with van der Waals surface area (Å²) in [5, 5.41) is 37.9. The van der Waals surface area contributed by atoms with Gasteiger partial charge in [0.15, 0.2) is 0 Å². The van der Waals surface area contributed by atoms with Crippen LogP contribution in [0.5, 0.6) is 5.75 Å². The molecule has 42 heavy (non-hydrogen) atoms. The van der Waals surface area contributed by atoms with E-state index >= 15 is 0 Å². The number of aromatic amines is 1. The van der Waals surface area contributed by atoms with Crippen molar-refractivity contribution in [3.05, 3.63) is 48.0 Å². The second-order valence-corrected chi connectivity index (χ2v) is 9.76. The average molecular weight is 590 g/mol. The molecule has 4 amide bonds. The molecule has 0 spiro atoms. The highest BCUT2D eigenvalue weighted by Crippen LogP contribution is 2.12. The number of aromatic nitrogens is 2. The van der Waals surface area contributed by atoms with Crippen molar-refractivity contribution in [2.75, 3.05) is 6.54 Å². The molecular weight excluding hydrogens is 554 g/mol. The standard InChI is InChI=1S/C26H35N7O9/c1-13(2)22(33-24(39)17(30-20(35)10-27)8-15-11-28-12-29-15)25(40)31-18(9-21(36)37)23(38)32-19(26(41)42)7-14-3-5-16(34)6-4-14/h3-6,11-13,17-19,22,34H,7-10,27H2,1-2H3,(H,28,29)(H,30,35)(H,31,40)(H,32,38)(H,33,39)(H,36,37)(H,41,42)/t17-,18-,19-,22-/m0/s1. The van der Waals surface area contributed by atoms with Gasteiger partial charge in [-0.05, 0) is 23.6 Å². The number of carboxylic acid groups (broad SMARTS) is 2. The molecule has 228 valence electrons. The van der Waals surface area contributed by atoms with Crippen molar-refractivity contribution in [3.63, 3.8) is 0 Å². The molecule has 16 heteroatoms. The minimum absolute atomic E-state index is 0.00827. The number of nitrogens with zero attached hydrogens (tertiary/aromatic N) is 1. The molecule has 1 heterocycles. The molecule has 2 rings (SSSR count). The summed E-state index contributed by atoms with van der Waals surface area (Å²) in [5.74, 6) is -6.81. The first-order valence-corrected chi connectivity index (χ1v) is 12.9. The largest absolute Gasteiger partial charge is 0.508 e. The Balaban J connectivity index is 2.18. The lowest BCUT2D eigenvalue weighted by Gasteiger charge is -2.27. The number of H-pyrrole nitrogens is 1. The van der Waals surface area contributed by atoms with Gasteiger partial charge in [0, 0.05) is 24.7 Å². The van der Waals surface area contributed by atoms with Gasteiger partial charge in [-0.3, -0.25) is 24.0 Å². The van der Waals surface area contributed by atoms with Crippen molar-refractivity contribution in [1.29, 1.82) is 0 Å². The van der Waals surface area contributed by atoms with Crippen molar-refractivity contribution in [2.24, 2.45) is 11.7 Å². The zero-order valence-electron chi connectivity index (χ0n) is 23.0. The second kappa shape index (κ2) is 15.7. The summed E-state index contributed by atoms with van der Waals surface area (Å²) >= 11 is 0. The summed E-state index contributed by atoms with van der Waals surface area (Å²) in [6.45, 7) is 2.80. The van der Waals surface area contributed by atoms with Crippen LogP contribution in [0.1, 0.15) is 31.5 Å². The van der Waals surface area contributed by atoms with E-state index in [0.717, 1.165) is 0 Å². The number of benzene rings is 1. The van der Waals surface area contributed by atoms with Crippen LogP contribution in [-0.2, 0) is 41.6 Å². The Hall–Kier alpha value is -4.99. The lowest BCUT2D eigenvalue weighted by molar-refractivity contribution is -0.143. The number of aromatic hydroxyl groups is 1. The van der Waals surface area contributed by atoms with E-state index in [2.05, 4.69) is 31.2 Å². The number of phenols is 1. The van der Waals surface area contributed by atoms with Gasteiger partial charge in [0.1, 0.15) is 29.9 Å². The van der Waals surface area contributed by atoms with Crippen LogP contribution in [-0.4, -0.2) is 91.6 Å². The first kappa shape index (κ1) is 33.2. The zero-order chi connectivity index (χ0) is 31.4. The van der Waals surface area contributed by atoms with Crippen molar-refractivity contribution in [2.45, 2.75) is 57.3 Å². The Bertz CT molecular complexity index is 1250. The first-order chi connectivity index (χ1) is 19.8. The van der Waals surface area contributed by atoms with E-state index < -0.39 is 78.6 Å². The van der Waals surface area contributed by atoms with E-state index in [0.29, 0.717) is 11.3 Å². The second-order valence-electron chi connectivity index (χ2n) is 9.76. The first-order valence-electron chi connectivity index (χ1n) is 12.9. The highest BCUT2D eigenvalue weighted by Gasteiger charge is 2.33. The highest BCUT2D eigenvalue weighted by atomic mass is 16.4. The van der Waals surface area contributed by atoms with E-state index in [1.165, 1.54) is 36.8 Å². The Morgan fingerprint density at radius 3 is 2.00 bits per heavy atom. The van der Waals surface area contributed by atoms with Crippen LogP contribution in [0, 0.1) is 5.92 Å². The summed E-state index contributed by atoms with van der Waals surface area (Å²) < 4.78 is 0. The van der Waals surface area contributed by atoms with Gasteiger partial charge in [-0.2, -0.15) is 0 Å². The van der Waals surface area contributed by atoms with Crippen molar-refractivity contribution < 1.29 is 44.1 Å². The van der Waals surface area contributed by atoms with Crippen molar-refractivity contribution in [1.82, 2.24) is 31.2 Å². The molecule has 2 aromatic rings. The van der Waals surface area contributed by atoms with Crippen LogP contribution in [0.15, 0.2) is 36.8 Å². The van der Waals surface area contributed by atoms with E-state index in [1.807, 2.05) is 0 Å². The maximum atomic E-state index is 13.2. The van der Waals surface area contributed by atoms with E-state index in [-0.39, 0.29) is 18.6 Å². The van der Waals surface area contributed by atoms with Gasteiger partial charge in [0.05, 0.1) is 19.3 Å². The minimum Gasteiger partial charge on any atom is -0.508 e. The minimum atomic E-state index is -1.69. The molecule has 0 fully saturated rings. The third kappa shape index (κ3) is 10.5. The molecule has 0 aliphatic carbocycles. The number of aliphatic carboxylic acids is 2. The van der Waals surface area contributed by atoms with Crippen LogP contribution >= 0.6 is 0 Å². The van der Waals surface area contributed by atoms with Gasteiger partial charge >= 0.3 is 11.9 Å². The summed E-state index contributed by atoms with van der Waals surface area (Å²) in [6.07, 6.45) is 1.75. The van der Waals surface area contributed by atoms with E-state index in [4.69, 9.17) is 5.73 Å². The topological polar surface area (TPSA) is 266 Å². The SMILES string of the molecule is CC(C)[C@H](NC(=O)[C@H](Cc1cnc[nH]1)NC(=O)CN)C(=O)N[C@@H](CC(=O)O)C(=O)N[C@@H](Cc1ccc(O)cc1)C(=O)O. The predicted octanol–water partition coefficient (Wildman–Crippen LogP) is -1.99. The molecule has 0 aliphatic heterocycles. The number of carbonyl (C=O) groups is 6. The van der Waals surface area contributed by atoms with Gasteiger partial charge in [-0.25, -0.2) is 9.78 Å². The number of carboxylic acids is 2. The summed E-state index contributed by atoms with van der Waals surface area (Å²) in [7, 11) is 0. The van der Waals surface area contributed by atoms with Crippen LogP contribution in [0.25, 0.3) is 0 Å². The fraction of sp³-hybridized carbons (Fsp3) is 0.423. The molecule has 0 radical (unpaired) electrons. The van der Waals surface area contributed by atoms with Gasteiger partial charge in [0.25, 0.3) is 0 Å². The monoisotopic (exact) mass is 589 g/mol. The van der Waals surface area contributed by atoms with Crippen molar-refractivity contribution in [3.8, 4) is 5.75 Å². The Morgan fingerprint density at radius 2 is 1.48 bits per heavy atom. The predicted molar refractivity (Wildman–Crippen MR) is 146 cm³/mol. The molecule has 0 saturated carbocycles. The van der Waals surface area contributed by atoms with Gasteiger partial charge in [-0.1, -0.05) is 26.0 Å². The third-order valence-electron chi connectivity index (χ3n) is 6.07. The van der Waals surface area contributed by atoms with Crippen LogP contribution in [0.4, 0.5) is 0 Å². The number of hydrogen-bond acceptors (Lipinski definition) is 9. The molecular formula is C26H35N7O9. The number of carbonyl (C=O) groups excluding carboxylic acids is 4. The quantitative estimate of drug-likeness (QED) is 0.103. The smallest absolute Gasteiger partial charge is 0.326 e. The Kier molecular flexibility index (Phi) is 12.4. The van der Waals surface area contributed by atoms with Crippen LogP contribution in [0.2, 0.25) is 0 Å². The molecule has 0 bridgehead atoms. The maximum absolute atomic E-state index is 13.2. The highest BCUT2D eigenvalue weighted by molar-refractivity contribution is 5.96. The number of imidazole rings is 1. The van der Waals surface area contributed by atoms with Gasteiger partial charge < -0.3 is 47.3 Å². The number of nitrogens with one attached hydrogen (secondary N) is 5.